The number of likely N-dealkylation sites (tertiary alicyclic amines) is 1. The maximum absolute atomic E-state index is 13.0. The Hall–Kier alpha value is -2.08. The largest absolute Gasteiger partial charge is 0.481 e. The number of morpholine rings is 1. The number of urea groups is 1. The highest BCUT2D eigenvalue weighted by Crippen LogP contribution is 2.36. The molecule has 6 nitrogen and oxygen atoms in total. The molecule has 130 valence electrons. The van der Waals surface area contributed by atoms with Crippen molar-refractivity contribution in [3.63, 3.8) is 0 Å². The first-order chi connectivity index (χ1) is 11.4. The fraction of sp³-hybridized carbons (Fsp3) is 0.556. The fourth-order valence-corrected chi connectivity index (χ4v) is 3.65. The van der Waals surface area contributed by atoms with E-state index in [1.54, 1.807) is 9.80 Å². The average Bonchev–Trinajstić information content (AvgIpc) is 3.01. The Morgan fingerprint density at radius 1 is 1.17 bits per heavy atom. The minimum absolute atomic E-state index is 0.0950. The summed E-state index contributed by atoms with van der Waals surface area (Å²) in [6.07, 6.45) is 0.433. The van der Waals surface area contributed by atoms with Crippen molar-refractivity contribution in [3.8, 4) is 0 Å². The highest BCUT2D eigenvalue weighted by molar-refractivity contribution is 5.85. The Labute approximate surface area is 142 Å². The molecular formula is C18H24N2O4. The summed E-state index contributed by atoms with van der Waals surface area (Å²) in [5.41, 5.74) is -0.641. The van der Waals surface area contributed by atoms with E-state index in [4.69, 9.17) is 4.74 Å². The molecule has 1 aromatic carbocycles. The molecule has 1 unspecified atom stereocenters. The van der Waals surface area contributed by atoms with Crippen LogP contribution < -0.4 is 0 Å². The summed E-state index contributed by atoms with van der Waals surface area (Å²) >= 11 is 0. The van der Waals surface area contributed by atoms with Crippen LogP contribution in [0, 0.1) is 0 Å². The Morgan fingerprint density at radius 3 is 2.50 bits per heavy atom. The van der Waals surface area contributed by atoms with E-state index in [0.717, 1.165) is 5.56 Å². The van der Waals surface area contributed by atoms with E-state index in [-0.39, 0.29) is 18.1 Å². The molecule has 0 spiro atoms. The molecule has 0 bridgehead atoms. The number of nitrogens with zero attached hydrogens (tertiary/aromatic N) is 2. The van der Waals surface area contributed by atoms with E-state index in [9.17, 15) is 14.7 Å². The number of carbonyl (C=O) groups excluding carboxylic acids is 1. The molecule has 2 amide bonds. The van der Waals surface area contributed by atoms with Crippen LogP contribution >= 0.6 is 0 Å². The predicted octanol–water partition coefficient (Wildman–Crippen LogP) is 1.95. The minimum atomic E-state index is -1.02. The Bertz CT molecular complexity index is 631. The van der Waals surface area contributed by atoms with E-state index in [1.807, 2.05) is 44.2 Å². The topological polar surface area (TPSA) is 70.1 Å². The smallest absolute Gasteiger partial charge is 0.320 e. The molecule has 0 radical (unpaired) electrons. The Balaban J connectivity index is 1.83. The van der Waals surface area contributed by atoms with Crippen LogP contribution in [0.25, 0.3) is 0 Å². The lowest BCUT2D eigenvalue weighted by Gasteiger charge is -2.43. The summed E-state index contributed by atoms with van der Waals surface area (Å²) in [5.74, 6) is -0.870. The van der Waals surface area contributed by atoms with Crippen LogP contribution in [0.15, 0.2) is 30.3 Å². The van der Waals surface area contributed by atoms with E-state index in [1.165, 1.54) is 0 Å². The van der Waals surface area contributed by atoms with Gasteiger partial charge in [0.05, 0.1) is 18.8 Å². The van der Waals surface area contributed by atoms with E-state index in [2.05, 4.69) is 0 Å². The number of benzene rings is 1. The molecule has 0 aliphatic carbocycles. The van der Waals surface area contributed by atoms with Crippen LogP contribution in [-0.4, -0.2) is 65.3 Å². The quantitative estimate of drug-likeness (QED) is 0.899. The van der Waals surface area contributed by atoms with Gasteiger partial charge in [-0.15, -0.1) is 0 Å². The summed E-state index contributed by atoms with van der Waals surface area (Å²) in [4.78, 5) is 28.5. The second kappa shape index (κ2) is 6.09. The van der Waals surface area contributed by atoms with Gasteiger partial charge in [0.2, 0.25) is 0 Å². The maximum Gasteiger partial charge on any atom is 0.320 e. The van der Waals surface area contributed by atoms with Crippen LogP contribution in [0.5, 0.6) is 0 Å². The third kappa shape index (κ3) is 2.75. The van der Waals surface area contributed by atoms with Gasteiger partial charge < -0.3 is 19.6 Å². The highest BCUT2D eigenvalue weighted by atomic mass is 16.5. The molecule has 1 atom stereocenters. The molecule has 2 heterocycles. The number of amides is 2. The van der Waals surface area contributed by atoms with Crippen LogP contribution in [0.3, 0.4) is 0 Å². The van der Waals surface area contributed by atoms with Gasteiger partial charge in [0, 0.05) is 19.6 Å². The van der Waals surface area contributed by atoms with Crippen molar-refractivity contribution in [1.82, 2.24) is 9.80 Å². The van der Waals surface area contributed by atoms with Crippen molar-refractivity contribution in [1.29, 1.82) is 0 Å². The van der Waals surface area contributed by atoms with Crippen LogP contribution in [-0.2, 0) is 14.9 Å². The first-order valence-corrected chi connectivity index (χ1v) is 8.30. The molecule has 1 N–H and O–H groups in total. The second-order valence-electron chi connectivity index (χ2n) is 7.22. The van der Waals surface area contributed by atoms with Gasteiger partial charge in [-0.2, -0.15) is 0 Å². The van der Waals surface area contributed by atoms with Gasteiger partial charge >= 0.3 is 12.0 Å². The van der Waals surface area contributed by atoms with Gasteiger partial charge in [-0.1, -0.05) is 30.3 Å². The molecule has 2 aliphatic heterocycles. The van der Waals surface area contributed by atoms with Crippen LogP contribution in [0.2, 0.25) is 0 Å². The summed E-state index contributed by atoms with van der Waals surface area (Å²) in [6.45, 7) is 6.16. The zero-order chi connectivity index (χ0) is 17.4. The number of carboxylic acids is 1. The molecule has 2 saturated heterocycles. The number of carboxylic acid groups (broad SMARTS) is 1. The van der Waals surface area contributed by atoms with Crippen molar-refractivity contribution in [2.75, 3.05) is 32.8 Å². The summed E-state index contributed by atoms with van der Waals surface area (Å²) < 4.78 is 5.47. The molecular weight excluding hydrogens is 308 g/mol. The van der Waals surface area contributed by atoms with Crippen molar-refractivity contribution >= 4 is 12.0 Å². The fourth-order valence-electron chi connectivity index (χ4n) is 3.65. The Morgan fingerprint density at radius 2 is 1.88 bits per heavy atom. The molecule has 2 fully saturated rings. The monoisotopic (exact) mass is 332 g/mol. The molecule has 0 saturated carbocycles. The van der Waals surface area contributed by atoms with Gasteiger partial charge in [0.1, 0.15) is 5.41 Å². The van der Waals surface area contributed by atoms with Crippen molar-refractivity contribution in [2.24, 2.45) is 0 Å². The number of rotatable bonds is 2. The summed E-state index contributed by atoms with van der Waals surface area (Å²) in [7, 11) is 0. The van der Waals surface area contributed by atoms with E-state index in [0.29, 0.717) is 32.7 Å². The normalized spacial score (nSPS) is 26.4. The third-order valence-electron chi connectivity index (χ3n) is 5.15. The number of ether oxygens (including phenoxy) is 1. The van der Waals surface area contributed by atoms with Crippen molar-refractivity contribution in [2.45, 2.75) is 31.2 Å². The number of aliphatic carboxylic acids is 1. The van der Waals surface area contributed by atoms with Crippen LogP contribution in [0.4, 0.5) is 4.79 Å². The van der Waals surface area contributed by atoms with Crippen molar-refractivity contribution < 1.29 is 19.4 Å². The molecule has 24 heavy (non-hydrogen) atoms. The minimum Gasteiger partial charge on any atom is -0.481 e. The number of hydrogen-bond acceptors (Lipinski definition) is 3. The molecule has 1 aromatic rings. The second-order valence-corrected chi connectivity index (χ2v) is 7.22. The van der Waals surface area contributed by atoms with Gasteiger partial charge in [0.15, 0.2) is 0 Å². The molecule has 3 rings (SSSR count). The van der Waals surface area contributed by atoms with Gasteiger partial charge in [-0.3, -0.25) is 4.79 Å². The Kier molecular flexibility index (Phi) is 4.25. The standard InChI is InChI=1S/C18H24N2O4/c1-17(2)13-24-11-10-20(17)16(23)19-9-8-18(12-19,15(21)22)14-6-4-3-5-7-14/h3-7H,8-13H2,1-2H3,(H,21,22). The SMILES string of the molecule is CC1(C)COCCN1C(=O)N1CCC(C(=O)O)(c2ccccc2)C1. The molecule has 2 aliphatic rings. The lowest BCUT2D eigenvalue weighted by atomic mass is 9.80. The van der Waals surface area contributed by atoms with E-state index >= 15 is 0 Å². The third-order valence-corrected chi connectivity index (χ3v) is 5.15. The zero-order valence-corrected chi connectivity index (χ0v) is 14.2. The van der Waals surface area contributed by atoms with Crippen molar-refractivity contribution in [3.05, 3.63) is 35.9 Å². The van der Waals surface area contributed by atoms with Gasteiger partial charge in [-0.25, -0.2) is 4.79 Å². The summed E-state index contributed by atoms with van der Waals surface area (Å²) in [6, 6.07) is 9.13. The first kappa shape index (κ1) is 16.8. The summed E-state index contributed by atoms with van der Waals surface area (Å²) in [5, 5.41) is 9.86. The number of hydrogen-bond donors (Lipinski definition) is 1. The molecule has 6 heteroatoms. The first-order valence-electron chi connectivity index (χ1n) is 8.30. The molecule has 0 aromatic heterocycles. The van der Waals surface area contributed by atoms with Gasteiger partial charge in [0.25, 0.3) is 0 Å². The lowest BCUT2D eigenvalue weighted by Crippen LogP contribution is -2.59. The predicted molar refractivity (Wildman–Crippen MR) is 88.9 cm³/mol. The average molecular weight is 332 g/mol. The lowest BCUT2D eigenvalue weighted by molar-refractivity contribution is -0.143. The maximum atomic E-state index is 13.0. The zero-order valence-electron chi connectivity index (χ0n) is 14.2. The van der Waals surface area contributed by atoms with Crippen LogP contribution in [0.1, 0.15) is 25.8 Å². The highest BCUT2D eigenvalue weighted by Gasteiger charge is 2.49. The number of carbonyl (C=O) groups is 2. The van der Waals surface area contributed by atoms with Gasteiger partial charge in [-0.05, 0) is 25.8 Å². The van der Waals surface area contributed by atoms with E-state index < -0.39 is 11.4 Å².